The summed E-state index contributed by atoms with van der Waals surface area (Å²) in [5, 5.41) is 0. The van der Waals surface area contributed by atoms with Crippen molar-refractivity contribution in [3.05, 3.63) is 29.8 Å². The molecule has 6 heteroatoms. The Bertz CT molecular complexity index is 767. The third-order valence-corrected chi connectivity index (χ3v) is 7.06. The van der Waals surface area contributed by atoms with Gasteiger partial charge in [-0.1, -0.05) is 37.8 Å². The van der Waals surface area contributed by atoms with E-state index in [2.05, 4.69) is 0 Å². The number of rotatable bonds is 5. The maximum Gasteiger partial charge on any atom is 0.233 e. The first kappa shape index (κ1) is 20.9. The highest BCUT2D eigenvalue weighted by Gasteiger charge is 2.48. The van der Waals surface area contributed by atoms with Crippen molar-refractivity contribution in [2.24, 2.45) is 11.8 Å². The van der Waals surface area contributed by atoms with E-state index in [1.807, 2.05) is 29.2 Å². The minimum Gasteiger partial charge on any atom is -0.497 e. The Morgan fingerprint density at radius 1 is 0.933 bits per heavy atom. The van der Waals surface area contributed by atoms with Gasteiger partial charge >= 0.3 is 0 Å². The van der Waals surface area contributed by atoms with Gasteiger partial charge in [0.15, 0.2) is 0 Å². The number of carbonyl (C=O) groups excluding carboxylic acids is 3. The molecule has 1 aliphatic carbocycles. The zero-order valence-electron chi connectivity index (χ0n) is 17.8. The summed E-state index contributed by atoms with van der Waals surface area (Å²) in [5.41, 5.74) is 1.12. The fourth-order valence-electron chi connectivity index (χ4n) is 5.38. The predicted molar refractivity (Wildman–Crippen MR) is 113 cm³/mol. The van der Waals surface area contributed by atoms with Gasteiger partial charge in [-0.05, 0) is 43.4 Å². The quantitative estimate of drug-likeness (QED) is 0.692. The van der Waals surface area contributed by atoms with Crippen molar-refractivity contribution in [3.8, 4) is 5.75 Å². The molecule has 0 N–H and O–H groups in total. The summed E-state index contributed by atoms with van der Waals surface area (Å²) in [6, 6.07) is 7.98. The van der Waals surface area contributed by atoms with Gasteiger partial charge in [0.2, 0.25) is 17.7 Å². The third-order valence-electron chi connectivity index (χ3n) is 7.06. The van der Waals surface area contributed by atoms with Gasteiger partial charge in [-0.2, -0.15) is 0 Å². The van der Waals surface area contributed by atoms with Crippen LogP contribution in [0.4, 0.5) is 0 Å². The fourth-order valence-corrected chi connectivity index (χ4v) is 5.38. The molecule has 4 rings (SSSR count). The SMILES string of the molecule is COc1ccc([C@@H]2CCCCCN2C(=O)CCN2C(=O)[C@H]3CCCC[C@H]3C2=O)cc1. The van der Waals surface area contributed by atoms with Crippen LogP contribution >= 0.6 is 0 Å². The molecule has 1 aromatic carbocycles. The number of likely N-dealkylation sites (tertiary alicyclic amines) is 2. The average molecular weight is 413 g/mol. The Hall–Kier alpha value is -2.37. The number of carbonyl (C=O) groups is 3. The van der Waals surface area contributed by atoms with Crippen LogP contribution in [0.25, 0.3) is 0 Å². The van der Waals surface area contributed by atoms with Crippen molar-refractivity contribution in [2.45, 2.75) is 63.8 Å². The Kier molecular flexibility index (Phi) is 6.40. The maximum absolute atomic E-state index is 13.2. The second kappa shape index (κ2) is 9.19. The van der Waals surface area contributed by atoms with E-state index in [4.69, 9.17) is 4.74 Å². The van der Waals surface area contributed by atoms with Crippen LogP contribution < -0.4 is 4.74 Å². The van der Waals surface area contributed by atoms with Crippen LogP contribution in [0.15, 0.2) is 24.3 Å². The van der Waals surface area contributed by atoms with E-state index in [9.17, 15) is 14.4 Å². The van der Waals surface area contributed by atoms with Crippen molar-refractivity contribution in [1.29, 1.82) is 0 Å². The van der Waals surface area contributed by atoms with Crippen LogP contribution in [0.5, 0.6) is 5.75 Å². The fraction of sp³-hybridized carbons (Fsp3) is 0.625. The Morgan fingerprint density at radius 2 is 1.57 bits per heavy atom. The van der Waals surface area contributed by atoms with Gasteiger partial charge < -0.3 is 9.64 Å². The van der Waals surface area contributed by atoms with Gasteiger partial charge in [0.25, 0.3) is 0 Å². The summed E-state index contributed by atoms with van der Waals surface area (Å²) >= 11 is 0. The number of benzene rings is 1. The van der Waals surface area contributed by atoms with Gasteiger partial charge in [0.1, 0.15) is 5.75 Å². The monoisotopic (exact) mass is 412 g/mol. The van der Waals surface area contributed by atoms with E-state index in [0.29, 0.717) is 0 Å². The van der Waals surface area contributed by atoms with Gasteiger partial charge in [-0.3, -0.25) is 19.3 Å². The van der Waals surface area contributed by atoms with Gasteiger partial charge in [0.05, 0.1) is 25.0 Å². The number of amides is 3. The first-order valence-electron chi connectivity index (χ1n) is 11.4. The molecule has 30 heavy (non-hydrogen) atoms. The van der Waals surface area contributed by atoms with E-state index in [1.165, 1.54) is 4.90 Å². The molecule has 6 nitrogen and oxygen atoms in total. The predicted octanol–water partition coefficient (Wildman–Crippen LogP) is 3.70. The lowest BCUT2D eigenvalue weighted by Gasteiger charge is -2.31. The highest BCUT2D eigenvalue weighted by molar-refractivity contribution is 6.05. The van der Waals surface area contributed by atoms with Crippen molar-refractivity contribution in [3.63, 3.8) is 0 Å². The van der Waals surface area contributed by atoms with Crippen molar-refractivity contribution in [1.82, 2.24) is 9.80 Å². The molecule has 3 atom stereocenters. The largest absolute Gasteiger partial charge is 0.497 e. The van der Waals surface area contributed by atoms with Gasteiger partial charge in [-0.25, -0.2) is 0 Å². The Morgan fingerprint density at radius 3 is 2.20 bits per heavy atom. The first-order chi connectivity index (χ1) is 14.6. The van der Waals surface area contributed by atoms with Crippen LogP contribution in [0.2, 0.25) is 0 Å². The number of methoxy groups -OCH3 is 1. The summed E-state index contributed by atoms with van der Waals surface area (Å²) in [7, 11) is 1.65. The van der Waals surface area contributed by atoms with Crippen LogP contribution in [0.1, 0.15) is 69.4 Å². The van der Waals surface area contributed by atoms with Crippen molar-refractivity contribution in [2.75, 3.05) is 20.2 Å². The number of hydrogen-bond acceptors (Lipinski definition) is 4. The summed E-state index contributed by atoms with van der Waals surface area (Å²) in [6.45, 7) is 0.942. The molecule has 3 aliphatic rings. The highest BCUT2D eigenvalue weighted by Crippen LogP contribution is 2.38. The molecule has 2 saturated heterocycles. The molecule has 0 unspecified atom stereocenters. The van der Waals surface area contributed by atoms with Crippen LogP contribution in [0.3, 0.4) is 0 Å². The zero-order valence-corrected chi connectivity index (χ0v) is 17.8. The second-order valence-corrected chi connectivity index (χ2v) is 8.80. The molecule has 1 aromatic rings. The molecule has 162 valence electrons. The average Bonchev–Trinajstić information content (AvgIpc) is 2.94. The van der Waals surface area contributed by atoms with Gasteiger partial charge in [-0.15, -0.1) is 0 Å². The van der Waals surface area contributed by atoms with Crippen LogP contribution in [0, 0.1) is 11.8 Å². The first-order valence-corrected chi connectivity index (χ1v) is 11.4. The number of nitrogens with zero attached hydrogens (tertiary/aromatic N) is 2. The minimum atomic E-state index is -0.147. The summed E-state index contributed by atoms with van der Waals surface area (Å²) < 4.78 is 5.26. The van der Waals surface area contributed by atoms with E-state index >= 15 is 0 Å². The number of hydrogen-bond donors (Lipinski definition) is 0. The van der Waals surface area contributed by atoms with E-state index in [1.54, 1.807) is 7.11 Å². The minimum absolute atomic E-state index is 0.0354. The maximum atomic E-state index is 13.2. The molecule has 0 aromatic heterocycles. The smallest absolute Gasteiger partial charge is 0.233 e. The lowest BCUT2D eigenvalue weighted by atomic mass is 9.81. The van der Waals surface area contributed by atoms with Crippen LogP contribution in [-0.4, -0.2) is 47.7 Å². The molecule has 0 spiro atoms. The van der Waals surface area contributed by atoms with E-state index < -0.39 is 0 Å². The molecule has 1 saturated carbocycles. The number of fused-ring (bicyclic) bond motifs is 1. The third kappa shape index (κ3) is 4.09. The van der Waals surface area contributed by atoms with Crippen LogP contribution in [-0.2, 0) is 14.4 Å². The zero-order chi connectivity index (χ0) is 21.1. The van der Waals surface area contributed by atoms with Crippen molar-refractivity contribution < 1.29 is 19.1 Å². The topological polar surface area (TPSA) is 66.9 Å². The normalized spacial score (nSPS) is 27.0. The summed E-state index contributed by atoms with van der Waals surface area (Å²) in [5.74, 6) is 0.435. The molecule has 2 aliphatic heterocycles. The number of ether oxygens (including phenoxy) is 1. The molecule has 2 heterocycles. The summed E-state index contributed by atoms with van der Waals surface area (Å²) in [6.07, 6.45) is 8.00. The highest BCUT2D eigenvalue weighted by atomic mass is 16.5. The lowest BCUT2D eigenvalue weighted by Crippen LogP contribution is -2.39. The Balaban J connectivity index is 1.43. The molecular formula is C24H32N2O4. The standard InChI is InChI=1S/C24H32N2O4/c1-30-18-12-10-17(11-13-18)21-9-3-2-6-15-25(21)22(27)14-16-26-23(28)19-7-4-5-8-20(19)24(26)29/h10-13,19-21H,2-9,14-16H2,1H3/t19-,20+,21-/m0/s1. The molecule has 3 fully saturated rings. The molecule has 3 amide bonds. The summed E-state index contributed by atoms with van der Waals surface area (Å²) in [4.78, 5) is 42.0. The number of imide groups is 1. The van der Waals surface area contributed by atoms with Gasteiger partial charge in [0, 0.05) is 19.5 Å². The van der Waals surface area contributed by atoms with Crippen molar-refractivity contribution >= 4 is 17.7 Å². The molecular weight excluding hydrogens is 380 g/mol. The second-order valence-electron chi connectivity index (χ2n) is 8.80. The van der Waals surface area contributed by atoms with E-state index in [-0.39, 0.29) is 48.6 Å². The molecule has 0 bridgehead atoms. The van der Waals surface area contributed by atoms with E-state index in [0.717, 1.165) is 69.2 Å². The Labute approximate surface area is 178 Å². The molecule has 0 radical (unpaired) electrons. The lowest BCUT2D eigenvalue weighted by molar-refractivity contribution is -0.141.